The van der Waals surface area contributed by atoms with E-state index in [1.807, 2.05) is 6.07 Å². The third kappa shape index (κ3) is 3.97. The van der Waals surface area contributed by atoms with Gasteiger partial charge in [0.2, 0.25) is 5.91 Å². The van der Waals surface area contributed by atoms with Crippen LogP contribution in [0, 0.1) is 0 Å². The normalized spacial score (nSPS) is 21.1. The van der Waals surface area contributed by atoms with Gasteiger partial charge >= 0.3 is 0 Å². The summed E-state index contributed by atoms with van der Waals surface area (Å²) in [5.41, 5.74) is 0. The predicted octanol–water partition coefficient (Wildman–Crippen LogP) is -0.0666. The number of ether oxygens (including phenoxy) is 1. The Balaban J connectivity index is 1.48. The van der Waals surface area contributed by atoms with E-state index in [0.717, 1.165) is 5.76 Å². The molecule has 3 rings (SSSR count). The average molecular weight is 357 g/mol. The lowest BCUT2D eigenvalue weighted by Crippen LogP contribution is -2.55. The lowest BCUT2D eigenvalue weighted by atomic mass is 10.2. The molecule has 2 aliphatic heterocycles. The molecule has 1 aromatic heterocycles. The van der Waals surface area contributed by atoms with E-state index in [1.165, 1.54) is 8.61 Å². The van der Waals surface area contributed by atoms with Gasteiger partial charge in [-0.2, -0.15) is 17.0 Å². The number of amides is 1. The zero-order valence-corrected chi connectivity index (χ0v) is 14.4. The number of aryl methyl sites for hydroxylation is 1. The highest BCUT2D eigenvalue weighted by atomic mass is 32.2. The van der Waals surface area contributed by atoms with E-state index < -0.39 is 10.2 Å². The molecule has 0 aliphatic carbocycles. The van der Waals surface area contributed by atoms with Gasteiger partial charge < -0.3 is 14.1 Å². The number of nitrogens with zero attached hydrogens (tertiary/aromatic N) is 3. The van der Waals surface area contributed by atoms with E-state index in [2.05, 4.69) is 0 Å². The van der Waals surface area contributed by atoms with Crippen LogP contribution in [0.25, 0.3) is 0 Å². The maximum atomic E-state index is 12.6. The Labute approximate surface area is 142 Å². The molecule has 9 heteroatoms. The van der Waals surface area contributed by atoms with Crippen LogP contribution in [0.1, 0.15) is 12.2 Å². The second-order valence-electron chi connectivity index (χ2n) is 5.88. The Kier molecular flexibility index (Phi) is 5.54. The number of furan rings is 1. The summed E-state index contributed by atoms with van der Waals surface area (Å²) >= 11 is 0. The van der Waals surface area contributed by atoms with Crippen LogP contribution in [0.5, 0.6) is 0 Å². The molecule has 2 fully saturated rings. The number of hydrogen-bond acceptors (Lipinski definition) is 5. The van der Waals surface area contributed by atoms with Crippen LogP contribution in [-0.4, -0.2) is 80.3 Å². The van der Waals surface area contributed by atoms with Crippen molar-refractivity contribution in [2.75, 3.05) is 52.5 Å². The van der Waals surface area contributed by atoms with Gasteiger partial charge in [0.05, 0.1) is 19.5 Å². The van der Waals surface area contributed by atoms with Gasteiger partial charge in [0, 0.05) is 52.1 Å². The minimum Gasteiger partial charge on any atom is -0.469 e. The Morgan fingerprint density at radius 2 is 1.71 bits per heavy atom. The van der Waals surface area contributed by atoms with Crippen molar-refractivity contribution in [3.63, 3.8) is 0 Å². The summed E-state index contributed by atoms with van der Waals surface area (Å²) in [6, 6.07) is 3.65. The minimum absolute atomic E-state index is 0.0369. The number of carbonyl (C=O) groups is 1. The molecule has 0 bridgehead atoms. The molecule has 1 aromatic rings. The molecule has 0 N–H and O–H groups in total. The summed E-state index contributed by atoms with van der Waals surface area (Å²) < 4.78 is 38.5. The quantitative estimate of drug-likeness (QED) is 0.737. The molecule has 0 atom stereocenters. The first-order valence-corrected chi connectivity index (χ1v) is 9.60. The Bertz CT molecular complexity index is 632. The summed E-state index contributed by atoms with van der Waals surface area (Å²) in [5, 5.41) is 0. The van der Waals surface area contributed by atoms with Crippen molar-refractivity contribution in [3.8, 4) is 0 Å². The van der Waals surface area contributed by atoms with Gasteiger partial charge in [-0.25, -0.2) is 0 Å². The van der Waals surface area contributed by atoms with Crippen molar-refractivity contribution in [1.29, 1.82) is 0 Å². The molecule has 0 aromatic carbocycles. The smallest absolute Gasteiger partial charge is 0.282 e. The molecule has 8 nitrogen and oxygen atoms in total. The molecule has 2 saturated heterocycles. The standard InChI is InChI=1S/C15H23N3O5S/c19-15(4-3-14-2-1-11-23-14)16-5-7-17(8-6-16)24(20,21)18-9-12-22-13-10-18/h1-2,11H,3-10,12-13H2. The first-order chi connectivity index (χ1) is 11.6. The Hall–Kier alpha value is -1.42. The zero-order valence-electron chi connectivity index (χ0n) is 13.6. The first-order valence-electron chi connectivity index (χ1n) is 8.20. The lowest BCUT2D eigenvalue weighted by molar-refractivity contribution is -0.132. The maximum absolute atomic E-state index is 12.6. The van der Waals surface area contributed by atoms with Crippen LogP contribution >= 0.6 is 0 Å². The second-order valence-corrected chi connectivity index (χ2v) is 7.81. The highest BCUT2D eigenvalue weighted by molar-refractivity contribution is 7.86. The number of morpholine rings is 1. The number of rotatable bonds is 5. The van der Waals surface area contributed by atoms with Gasteiger partial charge in [0.25, 0.3) is 10.2 Å². The predicted molar refractivity (Wildman–Crippen MR) is 86.5 cm³/mol. The maximum Gasteiger partial charge on any atom is 0.282 e. The molecule has 0 spiro atoms. The van der Waals surface area contributed by atoms with E-state index in [1.54, 1.807) is 17.2 Å². The van der Waals surface area contributed by atoms with E-state index >= 15 is 0 Å². The fourth-order valence-corrected chi connectivity index (χ4v) is 4.51. The van der Waals surface area contributed by atoms with Crippen LogP contribution in [0.15, 0.2) is 22.8 Å². The fraction of sp³-hybridized carbons (Fsp3) is 0.667. The molecular formula is C15H23N3O5S. The minimum atomic E-state index is -3.45. The molecule has 134 valence electrons. The summed E-state index contributed by atoms with van der Waals surface area (Å²) in [5.74, 6) is 0.826. The Morgan fingerprint density at radius 3 is 2.33 bits per heavy atom. The fourth-order valence-electron chi connectivity index (χ4n) is 2.95. The summed E-state index contributed by atoms with van der Waals surface area (Å²) in [4.78, 5) is 14.0. The van der Waals surface area contributed by atoms with Crippen LogP contribution in [-0.2, 0) is 26.2 Å². The van der Waals surface area contributed by atoms with Crippen LogP contribution < -0.4 is 0 Å². The van der Waals surface area contributed by atoms with Crippen LogP contribution in [0.4, 0.5) is 0 Å². The van der Waals surface area contributed by atoms with E-state index in [4.69, 9.17) is 9.15 Å². The first kappa shape index (κ1) is 17.4. The zero-order chi connectivity index (χ0) is 17.0. The van der Waals surface area contributed by atoms with E-state index in [-0.39, 0.29) is 5.91 Å². The van der Waals surface area contributed by atoms with E-state index in [0.29, 0.717) is 65.3 Å². The van der Waals surface area contributed by atoms with Crippen molar-refractivity contribution in [2.45, 2.75) is 12.8 Å². The second kappa shape index (κ2) is 7.64. The number of hydrogen-bond donors (Lipinski definition) is 0. The van der Waals surface area contributed by atoms with Crippen molar-refractivity contribution in [1.82, 2.24) is 13.5 Å². The molecule has 0 unspecified atom stereocenters. The third-order valence-electron chi connectivity index (χ3n) is 4.38. The van der Waals surface area contributed by atoms with Crippen LogP contribution in [0.3, 0.4) is 0 Å². The van der Waals surface area contributed by atoms with Gasteiger partial charge in [0.1, 0.15) is 5.76 Å². The molecular weight excluding hydrogens is 334 g/mol. The van der Waals surface area contributed by atoms with Gasteiger partial charge in [-0.1, -0.05) is 0 Å². The van der Waals surface area contributed by atoms with Gasteiger partial charge in [-0.15, -0.1) is 0 Å². The highest BCUT2D eigenvalue weighted by Crippen LogP contribution is 2.15. The monoisotopic (exact) mass is 357 g/mol. The summed E-state index contributed by atoms with van der Waals surface area (Å²) in [7, 11) is -3.45. The van der Waals surface area contributed by atoms with Crippen molar-refractivity contribution in [2.24, 2.45) is 0 Å². The summed E-state index contributed by atoms with van der Waals surface area (Å²) in [6.45, 7) is 3.20. The van der Waals surface area contributed by atoms with Gasteiger partial charge in [-0.05, 0) is 12.1 Å². The molecule has 0 saturated carbocycles. The van der Waals surface area contributed by atoms with Crippen LogP contribution in [0.2, 0.25) is 0 Å². The third-order valence-corrected chi connectivity index (χ3v) is 6.41. The largest absolute Gasteiger partial charge is 0.469 e. The highest BCUT2D eigenvalue weighted by Gasteiger charge is 2.34. The van der Waals surface area contributed by atoms with E-state index in [9.17, 15) is 13.2 Å². The van der Waals surface area contributed by atoms with Gasteiger partial charge in [-0.3, -0.25) is 4.79 Å². The molecule has 24 heavy (non-hydrogen) atoms. The topological polar surface area (TPSA) is 83.3 Å². The Morgan fingerprint density at radius 1 is 1.04 bits per heavy atom. The summed E-state index contributed by atoms with van der Waals surface area (Å²) in [6.07, 6.45) is 2.54. The average Bonchev–Trinajstić information content (AvgIpc) is 3.14. The van der Waals surface area contributed by atoms with Crippen molar-refractivity contribution >= 4 is 16.1 Å². The number of carbonyl (C=O) groups excluding carboxylic acids is 1. The molecule has 2 aliphatic rings. The molecule has 0 radical (unpaired) electrons. The van der Waals surface area contributed by atoms with Crippen molar-refractivity contribution in [3.05, 3.63) is 24.2 Å². The number of piperazine rings is 1. The van der Waals surface area contributed by atoms with Gasteiger partial charge in [0.15, 0.2) is 0 Å². The lowest BCUT2D eigenvalue weighted by Gasteiger charge is -2.37. The SMILES string of the molecule is O=C(CCc1ccco1)N1CCN(S(=O)(=O)N2CCOCC2)CC1. The van der Waals surface area contributed by atoms with Crippen molar-refractivity contribution < 1.29 is 22.4 Å². The molecule has 3 heterocycles. The molecule has 1 amide bonds.